The molecule has 1 atom stereocenters. The van der Waals surface area contributed by atoms with E-state index in [2.05, 4.69) is 9.97 Å². The van der Waals surface area contributed by atoms with Crippen molar-refractivity contribution in [3.63, 3.8) is 0 Å². The zero-order valence-corrected chi connectivity index (χ0v) is 13.3. The lowest BCUT2D eigenvalue weighted by Gasteiger charge is -2.33. The van der Waals surface area contributed by atoms with Crippen LogP contribution in [-0.4, -0.2) is 40.0 Å². The number of pyridine rings is 2. The second kappa shape index (κ2) is 7.33. The number of amides is 1. The average Bonchev–Trinajstić information content (AvgIpc) is 2.61. The first-order valence-corrected chi connectivity index (χ1v) is 7.95. The standard InChI is InChI=1S/C18H21N3O2/c1-14-17(7-3-9-20-14)18(22)21-10-4-6-16(12-21)23-13-15-5-2-8-19-11-15/h2-3,5,7-9,11,16H,4,6,10,12-13H2,1H3/t16-/m1/s1. The molecule has 120 valence electrons. The second-order valence-corrected chi connectivity index (χ2v) is 5.82. The maximum atomic E-state index is 12.7. The molecule has 23 heavy (non-hydrogen) atoms. The van der Waals surface area contributed by atoms with Gasteiger partial charge in [-0.3, -0.25) is 14.8 Å². The van der Waals surface area contributed by atoms with Gasteiger partial charge in [0.25, 0.3) is 5.91 Å². The maximum absolute atomic E-state index is 12.7. The predicted octanol–water partition coefficient (Wildman–Crippen LogP) is 2.61. The first-order valence-electron chi connectivity index (χ1n) is 7.95. The summed E-state index contributed by atoms with van der Waals surface area (Å²) in [6, 6.07) is 7.55. The van der Waals surface area contributed by atoms with E-state index in [1.165, 1.54) is 0 Å². The van der Waals surface area contributed by atoms with E-state index < -0.39 is 0 Å². The van der Waals surface area contributed by atoms with Crippen LogP contribution in [0.4, 0.5) is 0 Å². The van der Waals surface area contributed by atoms with Crippen molar-refractivity contribution in [1.82, 2.24) is 14.9 Å². The molecule has 0 bridgehead atoms. The van der Waals surface area contributed by atoms with Gasteiger partial charge >= 0.3 is 0 Å². The molecule has 1 aliphatic heterocycles. The monoisotopic (exact) mass is 311 g/mol. The molecular weight excluding hydrogens is 290 g/mol. The number of rotatable bonds is 4. The van der Waals surface area contributed by atoms with Gasteiger partial charge in [-0.25, -0.2) is 0 Å². The Labute approximate surface area is 136 Å². The number of likely N-dealkylation sites (tertiary alicyclic amines) is 1. The fraction of sp³-hybridized carbons (Fsp3) is 0.389. The Kier molecular flexibility index (Phi) is 4.98. The molecule has 2 aromatic rings. The Morgan fingerprint density at radius 2 is 2.22 bits per heavy atom. The molecule has 0 aromatic carbocycles. The van der Waals surface area contributed by atoms with Gasteiger partial charge in [-0.05, 0) is 43.5 Å². The first kappa shape index (κ1) is 15.6. The van der Waals surface area contributed by atoms with Crippen LogP contribution < -0.4 is 0 Å². The molecular formula is C18H21N3O2. The summed E-state index contributed by atoms with van der Waals surface area (Å²) in [4.78, 5) is 22.8. The third-order valence-corrected chi connectivity index (χ3v) is 4.11. The summed E-state index contributed by atoms with van der Waals surface area (Å²) < 4.78 is 5.97. The molecule has 0 saturated carbocycles. The van der Waals surface area contributed by atoms with E-state index in [0.29, 0.717) is 18.7 Å². The lowest BCUT2D eigenvalue weighted by molar-refractivity contribution is -0.00684. The fourth-order valence-electron chi connectivity index (χ4n) is 2.84. The number of ether oxygens (including phenoxy) is 1. The molecule has 0 N–H and O–H groups in total. The van der Waals surface area contributed by atoms with Gasteiger partial charge in [-0.15, -0.1) is 0 Å². The van der Waals surface area contributed by atoms with Crippen molar-refractivity contribution < 1.29 is 9.53 Å². The van der Waals surface area contributed by atoms with Crippen LogP contribution in [0.5, 0.6) is 0 Å². The third-order valence-electron chi connectivity index (χ3n) is 4.11. The molecule has 1 saturated heterocycles. The van der Waals surface area contributed by atoms with Crippen molar-refractivity contribution in [1.29, 1.82) is 0 Å². The van der Waals surface area contributed by atoms with Gasteiger partial charge in [0.2, 0.25) is 0 Å². The highest BCUT2D eigenvalue weighted by molar-refractivity contribution is 5.95. The van der Waals surface area contributed by atoms with E-state index in [9.17, 15) is 4.79 Å². The summed E-state index contributed by atoms with van der Waals surface area (Å²) in [7, 11) is 0. The quantitative estimate of drug-likeness (QED) is 0.871. The topological polar surface area (TPSA) is 55.3 Å². The fourth-order valence-corrected chi connectivity index (χ4v) is 2.84. The zero-order valence-electron chi connectivity index (χ0n) is 13.3. The number of carbonyl (C=O) groups is 1. The summed E-state index contributed by atoms with van der Waals surface area (Å²) in [6.45, 7) is 3.81. The van der Waals surface area contributed by atoms with Gasteiger partial charge < -0.3 is 9.64 Å². The zero-order chi connectivity index (χ0) is 16.1. The Hall–Kier alpha value is -2.27. The van der Waals surface area contributed by atoms with Crippen molar-refractivity contribution in [2.24, 2.45) is 0 Å². The molecule has 0 unspecified atom stereocenters. The van der Waals surface area contributed by atoms with Gasteiger partial charge in [-0.1, -0.05) is 6.07 Å². The van der Waals surface area contributed by atoms with Crippen molar-refractivity contribution >= 4 is 5.91 Å². The Balaban J connectivity index is 1.60. The van der Waals surface area contributed by atoms with Crippen LogP contribution in [0.2, 0.25) is 0 Å². The van der Waals surface area contributed by atoms with Crippen LogP contribution in [0.1, 0.15) is 34.5 Å². The largest absolute Gasteiger partial charge is 0.372 e. The van der Waals surface area contributed by atoms with E-state index in [1.807, 2.05) is 36.2 Å². The van der Waals surface area contributed by atoms with Crippen LogP contribution in [0.25, 0.3) is 0 Å². The highest BCUT2D eigenvalue weighted by Gasteiger charge is 2.25. The summed E-state index contributed by atoms with van der Waals surface area (Å²) in [5.74, 6) is 0.0466. The van der Waals surface area contributed by atoms with E-state index in [-0.39, 0.29) is 12.0 Å². The number of piperidine rings is 1. The molecule has 0 aliphatic carbocycles. The second-order valence-electron chi connectivity index (χ2n) is 5.82. The lowest BCUT2D eigenvalue weighted by atomic mass is 10.1. The van der Waals surface area contributed by atoms with Crippen LogP contribution in [0.3, 0.4) is 0 Å². The van der Waals surface area contributed by atoms with Crippen molar-refractivity contribution in [2.75, 3.05) is 13.1 Å². The highest BCUT2D eigenvalue weighted by atomic mass is 16.5. The van der Waals surface area contributed by atoms with Crippen LogP contribution in [0.15, 0.2) is 42.9 Å². The molecule has 5 nitrogen and oxygen atoms in total. The maximum Gasteiger partial charge on any atom is 0.255 e. The summed E-state index contributed by atoms with van der Waals surface area (Å²) in [5.41, 5.74) is 2.51. The van der Waals surface area contributed by atoms with E-state index in [0.717, 1.165) is 30.6 Å². The molecule has 3 rings (SSSR count). The van der Waals surface area contributed by atoms with E-state index >= 15 is 0 Å². The third kappa shape index (κ3) is 3.93. The van der Waals surface area contributed by atoms with Crippen LogP contribution in [-0.2, 0) is 11.3 Å². The average molecular weight is 311 g/mol. The van der Waals surface area contributed by atoms with Gasteiger partial charge in [0.05, 0.1) is 18.3 Å². The number of carbonyl (C=O) groups excluding carboxylic acids is 1. The van der Waals surface area contributed by atoms with E-state index in [1.54, 1.807) is 18.5 Å². The normalized spacial score (nSPS) is 18.0. The highest BCUT2D eigenvalue weighted by Crippen LogP contribution is 2.18. The summed E-state index contributed by atoms with van der Waals surface area (Å²) in [6.07, 6.45) is 7.29. The Morgan fingerprint density at radius 1 is 1.35 bits per heavy atom. The number of aromatic nitrogens is 2. The SMILES string of the molecule is Cc1ncccc1C(=O)N1CCC[C@@H](OCc2cccnc2)C1. The molecule has 1 fully saturated rings. The first-order chi connectivity index (χ1) is 11.2. The van der Waals surface area contributed by atoms with Gasteiger partial charge in [0.1, 0.15) is 0 Å². The minimum Gasteiger partial charge on any atom is -0.372 e. The van der Waals surface area contributed by atoms with Crippen molar-refractivity contribution in [3.8, 4) is 0 Å². The Bertz CT molecular complexity index is 660. The molecule has 1 aliphatic rings. The Morgan fingerprint density at radius 3 is 3.00 bits per heavy atom. The molecule has 0 radical (unpaired) electrons. The van der Waals surface area contributed by atoms with Gasteiger partial charge in [0.15, 0.2) is 0 Å². The lowest BCUT2D eigenvalue weighted by Crippen LogP contribution is -2.43. The summed E-state index contributed by atoms with van der Waals surface area (Å²) in [5, 5.41) is 0. The molecule has 2 aromatic heterocycles. The number of hydrogen-bond donors (Lipinski definition) is 0. The minimum atomic E-state index is 0.0466. The van der Waals surface area contributed by atoms with Crippen molar-refractivity contribution in [2.45, 2.75) is 32.5 Å². The number of nitrogens with zero attached hydrogens (tertiary/aromatic N) is 3. The predicted molar refractivity (Wildman–Crippen MR) is 86.9 cm³/mol. The number of aryl methyl sites for hydroxylation is 1. The number of hydrogen-bond acceptors (Lipinski definition) is 4. The molecule has 3 heterocycles. The smallest absolute Gasteiger partial charge is 0.255 e. The molecule has 0 spiro atoms. The van der Waals surface area contributed by atoms with E-state index in [4.69, 9.17) is 4.74 Å². The molecule has 5 heteroatoms. The van der Waals surface area contributed by atoms with Gasteiger partial charge in [0, 0.05) is 37.4 Å². The summed E-state index contributed by atoms with van der Waals surface area (Å²) >= 11 is 0. The minimum absolute atomic E-state index is 0.0466. The van der Waals surface area contributed by atoms with Crippen molar-refractivity contribution in [3.05, 3.63) is 59.7 Å². The molecule has 1 amide bonds. The van der Waals surface area contributed by atoms with Gasteiger partial charge in [-0.2, -0.15) is 0 Å². The van der Waals surface area contributed by atoms with Crippen LogP contribution >= 0.6 is 0 Å². The van der Waals surface area contributed by atoms with Crippen LogP contribution in [0, 0.1) is 6.92 Å².